The standard InChI is InChI=1S/C20H23ClN4O3S/c21-16-8-18-17(27-12-28-18)7-13(16)9-22-4-3-15-1-2-19(26)25(15)11-14-10-24-5-6-29-20(24)23-14/h7-8,10,15,22H,1-6,9,11-12H2/t15-/m0/s1. The highest BCUT2D eigenvalue weighted by molar-refractivity contribution is 7.99. The normalized spacial score (nSPS) is 20.0. The summed E-state index contributed by atoms with van der Waals surface area (Å²) in [5.41, 5.74) is 1.98. The molecule has 0 bridgehead atoms. The highest BCUT2D eigenvalue weighted by Crippen LogP contribution is 2.36. The van der Waals surface area contributed by atoms with Crippen molar-refractivity contribution in [1.29, 1.82) is 0 Å². The molecule has 1 saturated heterocycles. The van der Waals surface area contributed by atoms with Gasteiger partial charge in [-0.05, 0) is 31.0 Å². The zero-order valence-corrected chi connectivity index (χ0v) is 17.6. The van der Waals surface area contributed by atoms with Gasteiger partial charge in [0.25, 0.3) is 0 Å². The average Bonchev–Trinajstić information content (AvgIpc) is 3.45. The van der Waals surface area contributed by atoms with Gasteiger partial charge in [-0.15, -0.1) is 0 Å². The van der Waals surface area contributed by atoms with Crippen molar-refractivity contribution < 1.29 is 14.3 Å². The summed E-state index contributed by atoms with van der Waals surface area (Å²) in [5, 5.41) is 5.20. The summed E-state index contributed by atoms with van der Waals surface area (Å²) in [6.07, 6.45) is 4.54. The number of nitrogens with one attached hydrogen (secondary N) is 1. The first-order valence-corrected chi connectivity index (χ1v) is 11.3. The van der Waals surface area contributed by atoms with Crippen LogP contribution in [0.5, 0.6) is 11.5 Å². The number of hydrogen-bond donors (Lipinski definition) is 1. The van der Waals surface area contributed by atoms with Crippen LogP contribution in [0.1, 0.15) is 30.5 Å². The van der Waals surface area contributed by atoms with Gasteiger partial charge in [-0.1, -0.05) is 23.4 Å². The molecule has 0 saturated carbocycles. The summed E-state index contributed by atoms with van der Waals surface area (Å²) in [4.78, 5) is 19.1. The van der Waals surface area contributed by atoms with Gasteiger partial charge < -0.3 is 24.3 Å². The maximum absolute atomic E-state index is 12.4. The van der Waals surface area contributed by atoms with Gasteiger partial charge in [0.1, 0.15) is 0 Å². The number of halogens is 1. The number of rotatable bonds is 7. The number of likely N-dealkylation sites (tertiary alicyclic amines) is 1. The van der Waals surface area contributed by atoms with E-state index >= 15 is 0 Å². The lowest BCUT2D eigenvalue weighted by Gasteiger charge is -2.24. The molecule has 2 aromatic rings. The Morgan fingerprint density at radius 3 is 3.03 bits per heavy atom. The van der Waals surface area contributed by atoms with Crippen LogP contribution in [-0.2, 0) is 24.4 Å². The predicted molar refractivity (Wildman–Crippen MR) is 110 cm³/mol. The van der Waals surface area contributed by atoms with Crippen molar-refractivity contribution in [2.45, 2.75) is 50.1 Å². The molecular weight excluding hydrogens is 412 g/mol. The Labute approximate surface area is 178 Å². The molecule has 0 aliphatic carbocycles. The Balaban J connectivity index is 1.14. The third-order valence-corrected chi connectivity index (χ3v) is 6.97. The Bertz CT molecular complexity index is 913. The zero-order valence-electron chi connectivity index (χ0n) is 16.0. The minimum absolute atomic E-state index is 0.231. The van der Waals surface area contributed by atoms with Gasteiger partial charge in [-0.2, -0.15) is 0 Å². The van der Waals surface area contributed by atoms with Gasteiger partial charge in [0.15, 0.2) is 16.7 Å². The molecule has 29 heavy (non-hydrogen) atoms. The number of aryl methyl sites for hydroxylation is 1. The predicted octanol–water partition coefficient (Wildman–Crippen LogP) is 3.04. The lowest BCUT2D eigenvalue weighted by molar-refractivity contribution is -0.129. The molecule has 4 heterocycles. The summed E-state index contributed by atoms with van der Waals surface area (Å²) in [6, 6.07) is 3.99. The van der Waals surface area contributed by atoms with Gasteiger partial charge in [0, 0.05) is 48.6 Å². The summed E-state index contributed by atoms with van der Waals surface area (Å²) in [7, 11) is 0. The second-order valence-electron chi connectivity index (χ2n) is 7.53. The zero-order chi connectivity index (χ0) is 19.8. The number of thioether (sulfide) groups is 1. The Kier molecular flexibility index (Phi) is 5.32. The first kappa shape index (κ1) is 19.1. The van der Waals surface area contributed by atoms with E-state index in [0.29, 0.717) is 30.3 Å². The Hall–Kier alpha value is -1.90. The molecule has 0 spiro atoms. The van der Waals surface area contributed by atoms with Gasteiger partial charge in [0.05, 0.1) is 12.2 Å². The Morgan fingerprint density at radius 2 is 2.17 bits per heavy atom. The number of ether oxygens (including phenoxy) is 2. The molecule has 9 heteroatoms. The third kappa shape index (κ3) is 3.93. The van der Waals surface area contributed by atoms with E-state index in [0.717, 1.165) is 53.8 Å². The minimum atomic E-state index is 0.231. The van der Waals surface area contributed by atoms with Crippen LogP contribution in [0.3, 0.4) is 0 Å². The van der Waals surface area contributed by atoms with E-state index in [1.165, 1.54) is 0 Å². The number of imidazole rings is 1. The van der Waals surface area contributed by atoms with Crippen molar-refractivity contribution in [2.24, 2.45) is 0 Å². The van der Waals surface area contributed by atoms with Crippen molar-refractivity contribution >= 4 is 29.3 Å². The quantitative estimate of drug-likeness (QED) is 0.675. The van der Waals surface area contributed by atoms with Crippen LogP contribution in [0.4, 0.5) is 0 Å². The number of carbonyl (C=O) groups excluding carboxylic acids is 1. The van der Waals surface area contributed by atoms with E-state index in [4.69, 9.17) is 21.1 Å². The summed E-state index contributed by atoms with van der Waals surface area (Å²) in [5.74, 6) is 2.76. The molecule has 1 aromatic heterocycles. The number of nitrogens with zero attached hydrogens (tertiary/aromatic N) is 3. The van der Waals surface area contributed by atoms with Crippen LogP contribution in [0, 0.1) is 0 Å². The SMILES string of the molecule is O=C1CC[C@@H](CCNCc2cc3c(cc2Cl)OCO3)N1Cc1cn2c(n1)SCC2. The second kappa shape index (κ2) is 8.08. The fraction of sp³-hybridized carbons (Fsp3) is 0.500. The lowest BCUT2D eigenvalue weighted by atomic mass is 10.1. The maximum atomic E-state index is 12.4. The fourth-order valence-electron chi connectivity index (χ4n) is 4.11. The topological polar surface area (TPSA) is 68.6 Å². The molecule has 5 rings (SSSR count). The molecule has 0 radical (unpaired) electrons. The van der Waals surface area contributed by atoms with E-state index in [9.17, 15) is 4.79 Å². The van der Waals surface area contributed by atoms with E-state index in [-0.39, 0.29) is 18.7 Å². The largest absolute Gasteiger partial charge is 0.454 e. The molecule has 7 nitrogen and oxygen atoms in total. The van der Waals surface area contributed by atoms with Gasteiger partial charge >= 0.3 is 0 Å². The van der Waals surface area contributed by atoms with E-state index in [1.54, 1.807) is 17.8 Å². The molecule has 154 valence electrons. The van der Waals surface area contributed by atoms with Crippen LogP contribution in [-0.4, -0.2) is 45.5 Å². The molecule has 1 amide bonds. The van der Waals surface area contributed by atoms with Crippen LogP contribution in [0.25, 0.3) is 0 Å². The monoisotopic (exact) mass is 434 g/mol. The van der Waals surface area contributed by atoms with Crippen LogP contribution < -0.4 is 14.8 Å². The smallest absolute Gasteiger partial charge is 0.231 e. The maximum Gasteiger partial charge on any atom is 0.231 e. The lowest BCUT2D eigenvalue weighted by Crippen LogP contribution is -2.34. The molecule has 1 fully saturated rings. The number of fused-ring (bicyclic) bond motifs is 2. The van der Waals surface area contributed by atoms with Crippen molar-refractivity contribution in [3.8, 4) is 11.5 Å². The first-order chi connectivity index (χ1) is 14.2. The van der Waals surface area contributed by atoms with Crippen molar-refractivity contribution in [3.05, 3.63) is 34.6 Å². The molecular formula is C20H23ClN4O3S. The van der Waals surface area contributed by atoms with Crippen LogP contribution >= 0.6 is 23.4 Å². The number of amides is 1. The highest BCUT2D eigenvalue weighted by Gasteiger charge is 2.31. The van der Waals surface area contributed by atoms with Crippen LogP contribution in [0.15, 0.2) is 23.5 Å². The average molecular weight is 435 g/mol. The first-order valence-electron chi connectivity index (χ1n) is 9.94. The van der Waals surface area contributed by atoms with E-state index in [1.807, 2.05) is 11.0 Å². The minimum Gasteiger partial charge on any atom is -0.454 e. The highest BCUT2D eigenvalue weighted by atomic mass is 35.5. The van der Waals surface area contributed by atoms with Crippen molar-refractivity contribution in [3.63, 3.8) is 0 Å². The van der Waals surface area contributed by atoms with Crippen molar-refractivity contribution in [2.75, 3.05) is 19.1 Å². The van der Waals surface area contributed by atoms with E-state index < -0.39 is 0 Å². The summed E-state index contributed by atoms with van der Waals surface area (Å²) >= 11 is 8.12. The summed E-state index contributed by atoms with van der Waals surface area (Å²) in [6.45, 7) is 3.33. The molecule has 1 aromatic carbocycles. The number of benzene rings is 1. The Morgan fingerprint density at radius 1 is 1.31 bits per heavy atom. The molecule has 1 atom stereocenters. The molecule has 1 N–H and O–H groups in total. The fourth-order valence-corrected chi connectivity index (χ4v) is 5.29. The van der Waals surface area contributed by atoms with Gasteiger partial charge in [-0.3, -0.25) is 4.79 Å². The van der Waals surface area contributed by atoms with E-state index in [2.05, 4.69) is 21.1 Å². The second-order valence-corrected chi connectivity index (χ2v) is 9.00. The number of carbonyl (C=O) groups is 1. The third-order valence-electron chi connectivity index (χ3n) is 5.65. The molecule has 0 unspecified atom stereocenters. The number of hydrogen-bond acceptors (Lipinski definition) is 6. The van der Waals surface area contributed by atoms with Crippen molar-refractivity contribution in [1.82, 2.24) is 19.8 Å². The summed E-state index contributed by atoms with van der Waals surface area (Å²) < 4.78 is 13.0. The van der Waals surface area contributed by atoms with Gasteiger partial charge in [0.2, 0.25) is 12.7 Å². The molecule has 3 aliphatic heterocycles. The van der Waals surface area contributed by atoms with Crippen LogP contribution in [0.2, 0.25) is 5.02 Å². The van der Waals surface area contributed by atoms with Gasteiger partial charge in [-0.25, -0.2) is 4.98 Å². The molecule has 3 aliphatic rings. The number of aromatic nitrogens is 2.